The van der Waals surface area contributed by atoms with Crippen LogP contribution in [0.4, 0.5) is 19.0 Å². The fraction of sp³-hybridized carbons (Fsp3) is 0.720. The van der Waals surface area contributed by atoms with Crippen LogP contribution in [-0.2, 0) is 15.8 Å². The first kappa shape index (κ1) is 24.3. The van der Waals surface area contributed by atoms with Gasteiger partial charge in [0.2, 0.25) is 5.91 Å². The van der Waals surface area contributed by atoms with E-state index in [0.717, 1.165) is 31.5 Å². The van der Waals surface area contributed by atoms with Gasteiger partial charge in [-0.2, -0.15) is 13.2 Å². The van der Waals surface area contributed by atoms with Gasteiger partial charge in [0.25, 0.3) is 0 Å². The summed E-state index contributed by atoms with van der Waals surface area (Å²) in [7, 11) is 0. The number of alkyl halides is 3. The molecule has 192 valence electrons. The van der Waals surface area contributed by atoms with Crippen molar-refractivity contribution in [1.82, 2.24) is 15.2 Å². The van der Waals surface area contributed by atoms with E-state index in [1.807, 2.05) is 18.7 Å². The van der Waals surface area contributed by atoms with E-state index in [1.54, 1.807) is 0 Å². The van der Waals surface area contributed by atoms with Crippen molar-refractivity contribution in [2.24, 2.45) is 29.1 Å². The summed E-state index contributed by atoms with van der Waals surface area (Å²) in [4.78, 5) is 33.4. The highest BCUT2D eigenvalue weighted by molar-refractivity contribution is 5.82. The molecule has 0 radical (unpaired) electrons. The Labute approximate surface area is 203 Å². The lowest BCUT2D eigenvalue weighted by Gasteiger charge is -2.61. The number of nitrogens with one attached hydrogen (secondary N) is 1. The minimum atomic E-state index is -4.41. The first-order valence-corrected chi connectivity index (χ1v) is 12.6. The van der Waals surface area contributed by atoms with Crippen molar-refractivity contribution >= 4 is 17.7 Å². The van der Waals surface area contributed by atoms with Crippen molar-refractivity contribution in [3.05, 3.63) is 23.9 Å². The van der Waals surface area contributed by atoms with Gasteiger partial charge in [-0.15, -0.1) is 0 Å². The Morgan fingerprint density at radius 2 is 1.89 bits per heavy atom. The molecule has 5 aliphatic rings. The molecule has 2 heterocycles. The average Bonchev–Trinajstić information content (AvgIpc) is 2.83. The Bertz CT molecular complexity index is 979. The van der Waals surface area contributed by atoms with Crippen LogP contribution in [0.15, 0.2) is 18.3 Å². The lowest BCUT2D eigenvalue weighted by Crippen LogP contribution is -2.66. The van der Waals surface area contributed by atoms with Crippen LogP contribution in [0.1, 0.15) is 45.1 Å². The molecule has 4 aliphatic carbocycles. The summed E-state index contributed by atoms with van der Waals surface area (Å²) in [5.74, 6) is 0.721. The standard InChI is InChI=1S/C25H33F3N4O3/c1-14-19-10-16-9-17(12-24(14,11-16)23(34)35)21(19)30-22(33)15(2)31-5-7-32(8-6-31)20-4-3-18(13-29-20)25(26,27)28/h3-4,13-17,19,21H,5-12H2,1-2H3,(H,30,33)(H,34,35)/t14?,15-,16?,17?,19?,21?,24?/m1/s1. The molecule has 7 atom stereocenters. The number of halogens is 3. The lowest BCUT2D eigenvalue weighted by atomic mass is 9.44. The maximum atomic E-state index is 13.2. The van der Waals surface area contributed by atoms with E-state index in [4.69, 9.17) is 0 Å². The van der Waals surface area contributed by atoms with Crippen molar-refractivity contribution in [3.63, 3.8) is 0 Å². The Morgan fingerprint density at radius 1 is 1.17 bits per heavy atom. The number of carboxylic acids is 1. The monoisotopic (exact) mass is 494 g/mol. The zero-order chi connectivity index (χ0) is 25.1. The molecule has 0 spiro atoms. The van der Waals surface area contributed by atoms with Crippen LogP contribution >= 0.6 is 0 Å². The number of hydrogen-bond donors (Lipinski definition) is 2. The van der Waals surface area contributed by atoms with Crippen LogP contribution in [0.25, 0.3) is 0 Å². The second-order valence-electron chi connectivity index (χ2n) is 11.1. The highest BCUT2D eigenvalue weighted by Gasteiger charge is 2.62. The number of carbonyl (C=O) groups is 2. The van der Waals surface area contributed by atoms with E-state index in [-0.39, 0.29) is 35.7 Å². The number of nitrogens with zero attached hydrogens (tertiary/aromatic N) is 3. The predicted octanol–water partition coefficient (Wildman–Crippen LogP) is 3.25. The van der Waals surface area contributed by atoms with Gasteiger partial charge in [-0.1, -0.05) is 6.92 Å². The van der Waals surface area contributed by atoms with Gasteiger partial charge in [0, 0.05) is 38.4 Å². The summed E-state index contributed by atoms with van der Waals surface area (Å²) in [6.45, 7) is 6.30. The molecule has 6 unspecified atom stereocenters. The molecular formula is C25H33F3N4O3. The number of carbonyl (C=O) groups excluding carboxylic acids is 1. The molecule has 35 heavy (non-hydrogen) atoms. The summed E-state index contributed by atoms with van der Waals surface area (Å²) < 4.78 is 38.4. The van der Waals surface area contributed by atoms with Gasteiger partial charge < -0.3 is 15.3 Å². The highest BCUT2D eigenvalue weighted by atomic mass is 19.4. The van der Waals surface area contributed by atoms with Crippen molar-refractivity contribution in [3.8, 4) is 0 Å². The topological polar surface area (TPSA) is 85.8 Å². The van der Waals surface area contributed by atoms with Crippen LogP contribution in [-0.4, -0.2) is 65.1 Å². The number of aromatic nitrogens is 1. The second kappa shape index (κ2) is 8.64. The average molecular weight is 495 g/mol. The summed E-state index contributed by atoms with van der Waals surface area (Å²) >= 11 is 0. The van der Waals surface area contributed by atoms with E-state index >= 15 is 0 Å². The van der Waals surface area contributed by atoms with Crippen LogP contribution < -0.4 is 10.2 Å². The first-order valence-electron chi connectivity index (χ1n) is 12.6. The molecular weight excluding hydrogens is 461 g/mol. The van der Waals surface area contributed by atoms with Gasteiger partial charge in [-0.25, -0.2) is 4.98 Å². The quantitative estimate of drug-likeness (QED) is 0.654. The molecule has 1 aliphatic heterocycles. The van der Waals surface area contributed by atoms with Gasteiger partial charge in [0.1, 0.15) is 5.82 Å². The Kier molecular flexibility index (Phi) is 6.01. The SMILES string of the molecule is CC1C2CC3CC(CC1(C(=O)O)C3)C2NC(=O)[C@@H](C)N1CCN(c2ccc(C(F)(F)F)cn2)CC1. The number of amides is 1. The maximum absolute atomic E-state index is 13.2. The fourth-order valence-electron chi connectivity index (χ4n) is 7.42. The van der Waals surface area contributed by atoms with E-state index in [1.165, 1.54) is 6.07 Å². The van der Waals surface area contributed by atoms with Crippen LogP contribution in [0.5, 0.6) is 0 Å². The van der Waals surface area contributed by atoms with Crippen LogP contribution in [0, 0.1) is 29.1 Å². The van der Waals surface area contributed by atoms with E-state index in [9.17, 15) is 27.9 Å². The van der Waals surface area contributed by atoms with Crippen LogP contribution in [0.2, 0.25) is 0 Å². The molecule has 4 bridgehead atoms. The zero-order valence-corrected chi connectivity index (χ0v) is 20.1. The fourth-order valence-corrected chi connectivity index (χ4v) is 7.42. The highest BCUT2D eigenvalue weighted by Crippen LogP contribution is 2.62. The number of hydrogen-bond acceptors (Lipinski definition) is 5. The minimum absolute atomic E-state index is 0.0276. The smallest absolute Gasteiger partial charge is 0.417 e. The minimum Gasteiger partial charge on any atom is -0.481 e. The number of anilines is 1. The summed E-state index contributed by atoms with van der Waals surface area (Å²) in [6.07, 6.45) is -0.143. The summed E-state index contributed by atoms with van der Waals surface area (Å²) in [6, 6.07) is 2.14. The van der Waals surface area contributed by atoms with E-state index in [2.05, 4.69) is 15.2 Å². The number of pyridine rings is 1. The predicted molar refractivity (Wildman–Crippen MR) is 123 cm³/mol. The number of aliphatic carboxylic acids is 1. The maximum Gasteiger partial charge on any atom is 0.417 e. The molecule has 2 N–H and O–H groups in total. The number of carboxylic acid groups (broad SMARTS) is 1. The van der Waals surface area contributed by atoms with Gasteiger partial charge in [0.05, 0.1) is 17.0 Å². The second-order valence-corrected chi connectivity index (χ2v) is 11.1. The molecule has 1 aromatic rings. The summed E-state index contributed by atoms with van der Waals surface area (Å²) in [5, 5.41) is 13.3. The van der Waals surface area contributed by atoms with Gasteiger partial charge in [-0.3, -0.25) is 14.5 Å². The van der Waals surface area contributed by atoms with Crippen molar-refractivity contribution in [2.75, 3.05) is 31.1 Å². The Hall–Kier alpha value is -2.36. The molecule has 1 aromatic heterocycles. The van der Waals surface area contributed by atoms with Crippen molar-refractivity contribution < 1.29 is 27.9 Å². The van der Waals surface area contributed by atoms with Gasteiger partial charge >= 0.3 is 12.1 Å². The number of rotatable bonds is 5. The third-order valence-corrected chi connectivity index (χ3v) is 9.38. The lowest BCUT2D eigenvalue weighted by molar-refractivity contribution is -0.180. The van der Waals surface area contributed by atoms with Crippen LogP contribution in [0.3, 0.4) is 0 Å². The largest absolute Gasteiger partial charge is 0.481 e. The first-order chi connectivity index (χ1) is 16.5. The van der Waals surface area contributed by atoms with Gasteiger partial charge in [-0.05, 0) is 68.4 Å². The van der Waals surface area contributed by atoms with E-state index in [0.29, 0.717) is 44.3 Å². The molecule has 5 fully saturated rings. The third-order valence-electron chi connectivity index (χ3n) is 9.38. The van der Waals surface area contributed by atoms with E-state index < -0.39 is 23.1 Å². The zero-order valence-electron chi connectivity index (χ0n) is 20.1. The van der Waals surface area contributed by atoms with Gasteiger partial charge in [0.15, 0.2) is 0 Å². The Balaban J connectivity index is 1.18. The Morgan fingerprint density at radius 3 is 2.49 bits per heavy atom. The normalized spacial score (nSPS) is 35.7. The third kappa shape index (κ3) is 4.17. The molecule has 0 aromatic carbocycles. The van der Waals surface area contributed by atoms with Crippen molar-refractivity contribution in [2.45, 2.75) is 57.8 Å². The molecule has 6 rings (SSSR count). The molecule has 7 nitrogen and oxygen atoms in total. The molecule has 1 amide bonds. The molecule has 10 heteroatoms. The number of piperazine rings is 1. The van der Waals surface area contributed by atoms with Crippen molar-refractivity contribution in [1.29, 1.82) is 0 Å². The summed E-state index contributed by atoms with van der Waals surface area (Å²) in [5.41, 5.74) is -1.40. The molecule has 4 saturated carbocycles. The molecule has 1 saturated heterocycles.